The predicted molar refractivity (Wildman–Crippen MR) is 102 cm³/mol. The zero-order chi connectivity index (χ0) is 18.6. The van der Waals surface area contributed by atoms with Crippen molar-refractivity contribution in [2.45, 2.75) is 19.4 Å². The molecular weight excluding hydrogens is 342 g/mol. The Hall–Kier alpha value is -3.35. The molecule has 4 rings (SSSR count). The molecule has 1 aliphatic heterocycles. The highest BCUT2D eigenvalue weighted by atomic mass is 16.1. The topological polar surface area (TPSA) is 81.0 Å². The third-order valence-corrected chi connectivity index (χ3v) is 4.63. The largest absolute Gasteiger partial charge is 0.342 e. The van der Waals surface area contributed by atoms with Crippen molar-refractivity contribution in [2.24, 2.45) is 0 Å². The van der Waals surface area contributed by atoms with Gasteiger partial charge >= 0.3 is 0 Å². The van der Waals surface area contributed by atoms with Crippen LogP contribution in [0.15, 0.2) is 59.8 Å². The van der Waals surface area contributed by atoms with Crippen molar-refractivity contribution in [2.75, 3.05) is 18.0 Å². The number of rotatable bonds is 5. The Balaban J connectivity index is 1.59. The van der Waals surface area contributed by atoms with Gasteiger partial charge in [0.15, 0.2) is 5.78 Å². The van der Waals surface area contributed by atoms with Crippen LogP contribution in [0, 0.1) is 0 Å². The van der Waals surface area contributed by atoms with Crippen LogP contribution in [-0.4, -0.2) is 38.4 Å². The molecular formula is C20H19N5O2. The first-order chi connectivity index (χ1) is 13.2. The average molecular weight is 361 g/mol. The Bertz CT molecular complexity index is 1000. The summed E-state index contributed by atoms with van der Waals surface area (Å²) in [7, 11) is 0. The van der Waals surface area contributed by atoms with E-state index in [1.807, 2.05) is 35.2 Å². The van der Waals surface area contributed by atoms with E-state index in [4.69, 9.17) is 0 Å². The molecule has 0 saturated carbocycles. The van der Waals surface area contributed by atoms with Crippen LogP contribution in [0.3, 0.4) is 0 Å². The Morgan fingerprint density at radius 2 is 1.93 bits per heavy atom. The van der Waals surface area contributed by atoms with Crippen LogP contribution in [0.4, 0.5) is 5.95 Å². The molecule has 7 heteroatoms. The first kappa shape index (κ1) is 17.1. The van der Waals surface area contributed by atoms with E-state index >= 15 is 0 Å². The summed E-state index contributed by atoms with van der Waals surface area (Å²) in [5.41, 5.74) is 1.73. The molecule has 7 nitrogen and oxygen atoms in total. The Morgan fingerprint density at radius 1 is 1.07 bits per heavy atom. The van der Waals surface area contributed by atoms with E-state index in [-0.39, 0.29) is 11.3 Å². The van der Waals surface area contributed by atoms with Gasteiger partial charge in [0.1, 0.15) is 6.33 Å². The lowest BCUT2D eigenvalue weighted by Gasteiger charge is -2.30. The van der Waals surface area contributed by atoms with E-state index < -0.39 is 0 Å². The van der Waals surface area contributed by atoms with E-state index in [1.165, 1.54) is 12.4 Å². The van der Waals surface area contributed by atoms with E-state index in [2.05, 4.69) is 15.0 Å². The molecule has 0 saturated heterocycles. The molecule has 1 aliphatic rings. The third kappa shape index (κ3) is 3.62. The first-order valence-corrected chi connectivity index (χ1v) is 8.94. The van der Waals surface area contributed by atoms with Gasteiger partial charge < -0.3 is 4.90 Å². The second kappa shape index (κ2) is 7.49. The molecule has 0 bridgehead atoms. The number of fused-ring (bicyclic) bond motifs is 1. The van der Waals surface area contributed by atoms with Crippen molar-refractivity contribution < 1.29 is 4.79 Å². The molecule has 1 aromatic carbocycles. The number of carbonyl (C=O) groups is 1. The van der Waals surface area contributed by atoms with Crippen LogP contribution >= 0.6 is 0 Å². The lowest BCUT2D eigenvalue weighted by Crippen LogP contribution is -2.39. The first-order valence-electron chi connectivity index (χ1n) is 8.94. The monoisotopic (exact) mass is 361 g/mol. The van der Waals surface area contributed by atoms with Gasteiger partial charge in [-0.3, -0.25) is 14.2 Å². The van der Waals surface area contributed by atoms with Crippen LogP contribution in [0.1, 0.15) is 23.2 Å². The van der Waals surface area contributed by atoms with Crippen molar-refractivity contribution in [1.82, 2.24) is 19.5 Å². The molecule has 0 atom stereocenters. The molecule has 0 amide bonds. The highest BCUT2D eigenvalue weighted by molar-refractivity contribution is 5.96. The van der Waals surface area contributed by atoms with Crippen LogP contribution in [0.25, 0.3) is 11.4 Å². The molecule has 0 radical (unpaired) electrons. The summed E-state index contributed by atoms with van der Waals surface area (Å²) in [6.45, 7) is 1.92. The van der Waals surface area contributed by atoms with Gasteiger partial charge in [-0.25, -0.2) is 15.0 Å². The Kier molecular flexibility index (Phi) is 4.74. The summed E-state index contributed by atoms with van der Waals surface area (Å²) in [5, 5.41) is 0. The van der Waals surface area contributed by atoms with Gasteiger partial charge in [0, 0.05) is 43.9 Å². The van der Waals surface area contributed by atoms with Gasteiger partial charge in [-0.1, -0.05) is 30.3 Å². The van der Waals surface area contributed by atoms with Crippen molar-refractivity contribution in [3.8, 4) is 11.4 Å². The molecule has 27 heavy (non-hydrogen) atoms. The number of aromatic nitrogens is 4. The highest BCUT2D eigenvalue weighted by Gasteiger charge is 2.21. The van der Waals surface area contributed by atoms with Crippen LogP contribution in [0.2, 0.25) is 0 Å². The molecule has 0 fully saturated rings. The minimum atomic E-state index is -0.104. The van der Waals surface area contributed by atoms with Gasteiger partial charge in [-0.15, -0.1) is 0 Å². The fourth-order valence-electron chi connectivity index (χ4n) is 3.26. The number of ketones is 1. The standard InChI is InChI=1S/C20H19N5O2/c26-18(15-5-2-1-3-6-15)8-12-24-10-4-11-25-19(27)13-17(23-20(24)25)16-7-9-21-14-22-16/h1-3,5-7,9,13-14H,4,8,10-12H2. The minimum absolute atomic E-state index is 0.0852. The van der Waals surface area contributed by atoms with Crippen LogP contribution in [-0.2, 0) is 6.54 Å². The smallest absolute Gasteiger partial charge is 0.255 e. The van der Waals surface area contributed by atoms with Gasteiger partial charge in [0.2, 0.25) is 5.95 Å². The molecule has 0 spiro atoms. The zero-order valence-corrected chi connectivity index (χ0v) is 14.8. The number of nitrogens with zero attached hydrogens (tertiary/aromatic N) is 5. The number of anilines is 1. The SMILES string of the molecule is O=C(CCN1CCCn2c1nc(-c1ccncn1)cc2=O)c1ccccc1. The van der Waals surface area contributed by atoms with Gasteiger partial charge in [-0.2, -0.15) is 0 Å². The van der Waals surface area contributed by atoms with Crippen LogP contribution < -0.4 is 10.5 Å². The number of hydrogen-bond acceptors (Lipinski definition) is 6. The zero-order valence-electron chi connectivity index (χ0n) is 14.8. The summed E-state index contributed by atoms with van der Waals surface area (Å²) in [5.74, 6) is 0.685. The molecule has 0 unspecified atom stereocenters. The lowest BCUT2D eigenvalue weighted by molar-refractivity contribution is 0.0984. The summed E-state index contributed by atoms with van der Waals surface area (Å²) in [6.07, 6.45) is 4.28. The number of hydrogen-bond donors (Lipinski definition) is 0. The minimum Gasteiger partial charge on any atom is -0.342 e. The van der Waals surface area contributed by atoms with E-state index in [0.717, 1.165) is 13.0 Å². The van der Waals surface area contributed by atoms with Crippen LogP contribution in [0.5, 0.6) is 0 Å². The molecule has 0 N–H and O–H groups in total. The normalized spacial score (nSPS) is 13.3. The van der Waals surface area contributed by atoms with E-state index in [9.17, 15) is 9.59 Å². The highest BCUT2D eigenvalue weighted by Crippen LogP contribution is 2.21. The summed E-state index contributed by atoms with van der Waals surface area (Å²) in [4.78, 5) is 39.7. The van der Waals surface area contributed by atoms with Crippen molar-refractivity contribution in [3.63, 3.8) is 0 Å². The van der Waals surface area contributed by atoms with E-state index in [1.54, 1.807) is 16.8 Å². The lowest BCUT2D eigenvalue weighted by atomic mass is 10.1. The fraction of sp³-hybridized carbons (Fsp3) is 0.250. The summed E-state index contributed by atoms with van der Waals surface area (Å²) < 4.78 is 1.67. The van der Waals surface area contributed by atoms with Gasteiger partial charge in [-0.05, 0) is 12.5 Å². The van der Waals surface area contributed by atoms with Crippen molar-refractivity contribution in [1.29, 1.82) is 0 Å². The maximum absolute atomic E-state index is 12.5. The third-order valence-electron chi connectivity index (χ3n) is 4.63. The number of Topliss-reactive ketones (excluding diaryl/α,β-unsaturated/α-hetero) is 1. The molecule has 3 heterocycles. The second-order valence-corrected chi connectivity index (χ2v) is 6.41. The maximum Gasteiger partial charge on any atom is 0.255 e. The predicted octanol–water partition coefficient (Wildman–Crippen LogP) is 2.18. The quantitative estimate of drug-likeness (QED) is 0.648. The van der Waals surface area contributed by atoms with E-state index in [0.29, 0.717) is 42.4 Å². The van der Waals surface area contributed by atoms with Crippen molar-refractivity contribution >= 4 is 11.7 Å². The Morgan fingerprint density at radius 3 is 2.70 bits per heavy atom. The van der Waals surface area contributed by atoms with Crippen molar-refractivity contribution in [3.05, 3.63) is 70.9 Å². The Labute approximate surface area is 156 Å². The number of benzene rings is 1. The molecule has 2 aromatic heterocycles. The second-order valence-electron chi connectivity index (χ2n) is 6.41. The fourth-order valence-corrected chi connectivity index (χ4v) is 3.26. The maximum atomic E-state index is 12.5. The average Bonchev–Trinajstić information content (AvgIpc) is 2.73. The molecule has 136 valence electrons. The van der Waals surface area contributed by atoms with Gasteiger partial charge in [0.05, 0.1) is 11.4 Å². The summed E-state index contributed by atoms with van der Waals surface area (Å²) >= 11 is 0. The molecule has 0 aliphatic carbocycles. The summed E-state index contributed by atoms with van der Waals surface area (Å²) in [6, 6.07) is 12.5. The number of carbonyl (C=O) groups excluding carboxylic acids is 1. The molecule has 3 aromatic rings. The van der Waals surface area contributed by atoms with Gasteiger partial charge in [0.25, 0.3) is 5.56 Å².